The Bertz CT molecular complexity index is 1470. The molecular formula is C30H32N4O5. The molecule has 2 saturated heterocycles. The van der Waals surface area contributed by atoms with Crippen LogP contribution in [0.25, 0.3) is 21.9 Å². The number of benzene rings is 2. The van der Waals surface area contributed by atoms with E-state index in [0.717, 1.165) is 74.2 Å². The van der Waals surface area contributed by atoms with E-state index < -0.39 is 0 Å². The summed E-state index contributed by atoms with van der Waals surface area (Å²) in [6.45, 7) is 6.39. The van der Waals surface area contributed by atoms with Crippen molar-refractivity contribution in [2.75, 3.05) is 58.0 Å². The summed E-state index contributed by atoms with van der Waals surface area (Å²) >= 11 is 0. The Kier molecular flexibility index (Phi) is 7.77. The number of ether oxygens (including phenoxy) is 4. The quantitative estimate of drug-likeness (QED) is 0.292. The third-order valence-corrected chi connectivity index (χ3v) is 7.22. The van der Waals surface area contributed by atoms with Gasteiger partial charge in [-0.2, -0.15) is 5.26 Å². The van der Waals surface area contributed by atoms with E-state index in [-0.39, 0.29) is 6.10 Å². The van der Waals surface area contributed by atoms with Crippen LogP contribution in [0, 0.1) is 11.3 Å². The predicted molar refractivity (Wildman–Crippen MR) is 148 cm³/mol. The van der Waals surface area contributed by atoms with Gasteiger partial charge in [0.1, 0.15) is 23.7 Å². The summed E-state index contributed by atoms with van der Waals surface area (Å²) in [4.78, 5) is 7.03. The molecule has 0 bridgehead atoms. The number of hydrogen-bond acceptors (Lipinski definition) is 9. The molecule has 6 rings (SSSR count). The minimum absolute atomic E-state index is 0.00520. The fraction of sp³-hybridized carbons (Fsp3) is 0.400. The van der Waals surface area contributed by atoms with Gasteiger partial charge in [0.25, 0.3) is 0 Å². The first-order valence-electron chi connectivity index (χ1n) is 13.6. The fourth-order valence-electron chi connectivity index (χ4n) is 5.16. The van der Waals surface area contributed by atoms with Gasteiger partial charge in [-0.05, 0) is 18.6 Å². The van der Waals surface area contributed by atoms with E-state index in [1.54, 1.807) is 12.5 Å². The van der Waals surface area contributed by atoms with Gasteiger partial charge in [-0.25, -0.2) is 0 Å². The molecule has 4 aromatic rings. The average molecular weight is 529 g/mol. The average Bonchev–Trinajstić information content (AvgIpc) is 3.47. The van der Waals surface area contributed by atoms with Crippen LogP contribution >= 0.6 is 0 Å². The molecule has 2 aromatic carbocycles. The van der Waals surface area contributed by atoms with E-state index in [1.807, 2.05) is 36.4 Å². The fourth-order valence-corrected chi connectivity index (χ4v) is 5.16. The molecule has 4 heterocycles. The Balaban J connectivity index is 1.33. The van der Waals surface area contributed by atoms with Gasteiger partial charge in [-0.3, -0.25) is 9.88 Å². The zero-order chi connectivity index (χ0) is 26.4. The first kappa shape index (κ1) is 25.4. The van der Waals surface area contributed by atoms with Crippen molar-refractivity contribution in [3.63, 3.8) is 0 Å². The number of furan rings is 1. The standard InChI is InChI=1S/C30H32N4O5/c31-19-22-20-32-26-17-24(37-11-2-8-34-9-15-36-16-10-34)18-27(39-23-6-12-35-13-7-23)28(26)29(22)33-25-4-1-3-21-5-14-38-30(21)25/h1,3-5,14,17-18,20,23H,2,6-13,15-16H2,(H,32,33). The summed E-state index contributed by atoms with van der Waals surface area (Å²) in [5.41, 5.74) is 3.23. The molecule has 0 unspecified atom stereocenters. The third-order valence-electron chi connectivity index (χ3n) is 7.22. The third kappa shape index (κ3) is 5.78. The van der Waals surface area contributed by atoms with Gasteiger partial charge in [0.15, 0.2) is 5.58 Å². The molecule has 2 aliphatic rings. The van der Waals surface area contributed by atoms with Crippen LogP contribution in [0.2, 0.25) is 0 Å². The lowest BCUT2D eigenvalue weighted by Crippen LogP contribution is -2.37. The van der Waals surface area contributed by atoms with Gasteiger partial charge in [-0.15, -0.1) is 0 Å². The van der Waals surface area contributed by atoms with Crippen LogP contribution in [0.1, 0.15) is 24.8 Å². The van der Waals surface area contributed by atoms with Crippen molar-refractivity contribution in [2.24, 2.45) is 0 Å². The number of nitrogens with zero attached hydrogens (tertiary/aromatic N) is 3. The van der Waals surface area contributed by atoms with Crippen molar-refractivity contribution in [1.82, 2.24) is 9.88 Å². The molecule has 202 valence electrons. The lowest BCUT2D eigenvalue weighted by Gasteiger charge is -2.26. The van der Waals surface area contributed by atoms with Crippen LogP contribution < -0.4 is 14.8 Å². The van der Waals surface area contributed by atoms with Crippen molar-refractivity contribution in [2.45, 2.75) is 25.4 Å². The van der Waals surface area contributed by atoms with E-state index in [4.69, 9.17) is 23.4 Å². The highest BCUT2D eigenvalue weighted by Crippen LogP contribution is 2.40. The second kappa shape index (κ2) is 11.9. The van der Waals surface area contributed by atoms with Crippen LogP contribution in [0.3, 0.4) is 0 Å². The molecule has 0 saturated carbocycles. The van der Waals surface area contributed by atoms with E-state index in [9.17, 15) is 5.26 Å². The molecule has 9 nitrogen and oxygen atoms in total. The van der Waals surface area contributed by atoms with Crippen LogP contribution in [0.5, 0.6) is 11.5 Å². The second-order valence-corrected chi connectivity index (χ2v) is 9.83. The Hall–Kier alpha value is -3.84. The first-order chi connectivity index (χ1) is 19.3. The number of morpholine rings is 1. The molecule has 0 aliphatic carbocycles. The summed E-state index contributed by atoms with van der Waals surface area (Å²) < 4.78 is 29.5. The maximum Gasteiger partial charge on any atom is 0.157 e. The number of nitrogens with one attached hydrogen (secondary N) is 1. The Morgan fingerprint density at radius 2 is 1.92 bits per heavy atom. The topological polar surface area (TPSA) is 102 Å². The molecule has 39 heavy (non-hydrogen) atoms. The molecule has 0 amide bonds. The largest absolute Gasteiger partial charge is 0.493 e. The van der Waals surface area contributed by atoms with Crippen molar-refractivity contribution >= 4 is 33.2 Å². The highest BCUT2D eigenvalue weighted by atomic mass is 16.5. The molecule has 0 spiro atoms. The smallest absolute Gasteiger partial charge is 0.157 e. The van der Waals surface area contributed by atoms with E-state index >= 15 is 0 Å². The Morgan fingerprint density at radius 3 is 2.77 bits per heavy atom. The number of aromatic nitrogens is 1. The maximum absolute atomic E-state index is 10.00. The van der Waals surface area contributed by atoms with Gasteiger partial charge in [-0.1, -0.05) is 12.1 Å². The van der Waals surface area contributed by atoms with Crippen molar-refractivity contribution < 1.29 is 23.4 Å². The van der Waals surface area contributed by atoms with E-state index in [1.165, 1.54) is 0 Å². The monoisotopic (exact) mass is 528 g/mol. The summed E-state index contributed by atoms with van der Waals surface area (Å²) in [5.74, 6) is 1.34. The summed E-state index contributed by atoms with van der Waals surface area (Å²) in [7, 11) is 0. The van der Waals surface area contributed by atoms with Gasteiger partial charge in [0, 0.05) is 56.2 Å². The van der Waals surface area contributed by atoms with E-state index in [0.29, 0.717) is 48.1 Å². The number of para-hydroxylation sites is 1. The summed E-state index contributed by atoms with van der Waals surface area (Å²) in [6, 6.07) is 13.9. The number of anilines is 2. The van der Waals surface area contributed by atoms with Gasteiger partial charge < -0.3 is 28.7 Å². The van der Waals surface area contributed by atoms with Crippen molar-refractivity contribution in [3.05, 3.63) is 54.4 Å². The summed E-state index contributed by atoms with van der Waals surface area (Å²) in [6.07, 6.45) is 5.76. The van der Waals surface area contributed by atoms with Gasteiger partial charge in [0.05, 0.1) is 67.1 Å². The SMILES string of the molecule is N#Cc1cnc2cc(OCCCN3CCOCC3)cc(OC3CCOCC3)c2c1Nc1cccc2ccoc12. The highest BCUT2D eigenvalue weighted by molar-refractivity contribution is 6.03. The zero-order valence-electron chi connectivity index (χ0n) is 21.9. The molecule has 1 N–H and O–H groups in total. The molecule has 2 fully saturated rings. The number of nitriles is 1. The second-order valence-electron chi connectivity index (χ2n) is 9.83. The molecule has 2 aromatic heterocycles. The lowest BCUT2D eigenvalue weighted by molar-refractivity contribution is 0.0261. The van der Waals surface area contributed by atoms with Crippen LogP contribution in [-0.4, -0.2) is 68.7 Å². The highest BCUT2D eigenvalue weighted by Gasteiger charge is 2.22. The molecule has 0 radical (unpaired) electrons. The number of fused-ring (bicyclic) bond motifs is 2. The normalized spacial score (nSPS) is 16.8. The minimum Gasteiger partial charge on any atom is -0.493 e. The maximum atomic E-state index is 10.00. The number of pyridine rings is 1. The number of rotatable bonds is 9. The Labute approximate surface area is 227 Å². The van der Waals surface area contributed by atoms with E-state index in [2.05, 4.69) is 21.3 Å². The zero-order valence-corrected chi connectivity index (χ0v) is 21.9. The van der Waals surface area contributed by atoms with Gasteiger partial charge in [0.2, 0.25) is 0 Å². The molecule has 0 atom stereocenters. The van der Waals surface area contributed by atoms with Crippen LogP contribution in [0.15, 0.2) is 53.3 Å². The summed E-state index contributed by atoms with van der Waals surface area (Å²) in [5, 5.41) is 15.2. The minimum atomic E-state index is 0.00520. The van der Waals surface area contributed by atoms with Crippen LogP contribution in [-0.2, 0) is 9.47 Å². The first-order valence-corrected chi connectivity index (χ1v) is 13.6. The number of hydrogen-bond donors (Lipinski definition) is 1. The van der Waals surface area contributed by atoms with Gasteiger partial charge >= 0.3 is 0 Å². The molecule has 9 heteroatoms. The molecular weight excluding hydrogens is 496 g/mol. The van der Waals surface area contributed by atoms with Crippen molar-refractivity contribution in [3.8, 4) is 17.6 Å². The predicted octanol–water partition coefficient (Wildman–Crippen LogP) is 5.26. The Morgan fingerprint density at radius 1 is 1.08 bits per heavy atom. The molecule has 2 aliphatic heterocycles. The lowest BCUT2D eigenvalue weighted by atomic mass is 10.1. The van der Waals surface area contributed by atoms with Crippen LogP contribution in [0.4, 0.5) is 11.4 Å². The van der Waals surface area contributed by atoms with Crippen molar-refractivity contribution in [1.29, 1.82) is 5.26 Å².